The van der Waals surface area contributed by atoms with Gasteiger partial charge >= 0.3 is 6.18 Å². The van der Waals surface area contributed by atoms with E-state index in [2.05, 4.69) is 0 Å². The highest BCUT2D eigenvalue weighted by molar-refractivity contribution is 5.86. The van der Waals surface area contributed by atoms with Crippen molar-refractivity contribution in [2.45, 2.75) is 18.7 Å². The van der Waals surface area contributed by atoms with Crippen LogP contribution in [0, 0.1) is 5.82 Å². The van der Waals surface area contributed by atoms with Gasteiger partial charge in [0.15, 0.2) is 5.60 Å². The zero-order chi connectivity index (χ0) is 13.6. The molecule has 2 rings (SSSR count). The lowest BCUT2D eigenvalue weighted by molar-refractivity contribution is -0.258. The molecule has 0 saturated carbocycles. The Morgan fingerprint density at radius 3 is 2.33 bits per heavy atom. The van der Waals surface area contributed by atoms with Crippen molar-refractivity contribution in [3.63, 3.8) is 0 Å². The van der Waals surface area contributed by atoms with Crippen LogP contribution in [0.3, 0.4) is 0 Å². The van der Waals surface area contributed by atoms with Crippen LogP contribution >= 0.6 is 0 Å². The topological polar surface area (TPSA) is 20.2 Å². The van der Waals surface area contributed by atoms with Gasteiger partial charge in [0.2, 0.25) is 0 Å². The highest BCUT2D eigenvalue weighted by atomic mass is 19.4. The van der Waals surface area contributed by atoms with Crippen molar-refractivity contribution in [3.05, 3.63) is 47.8 Å². The van der Waals surface area contributed by atoms with Crippen LogP contribution in [0.5, 0.6) is 0 Å². The molecule has 0 amide bonds. The molecule has 0 fully saturated rings. The molecule has 0 saturated heterocycles. The van der Waals surface area contributed by atoms with Gasteiger partial charge in [0.25, 0.3) is 0 Å². The number of rotatable bonds is 1. The summed E-state index contributed by atoms with van der Waals surface area (Å²) in [6.45, 7) is 0.659. The summed E-state index contributed by atoms with van der Waals surface area (Å²) in [4.78, 5) is 0. The molecule has 0 aliphatic carbocycles. The Balaban J connectivity index is 2.75. The fourth-order valence-electron chi connectivity index (χ4n) is 1.82. The molecule has 96 valence electrons. The number of aliphatic hydroxyl groups is 1. The van der Waals surface area contributed by atoms with E-state index >= 15 is 0 Å². The molecule has 1 unspecified atom stereocenters. The third kappa shape index (κ3) is 1.95. The van der Waals surface area contributed by atoms with Gasteiger partial charge < -0.3 is 5.11 Å². The summed E-state index contributed by atoms with van der Waals surface area (Å²) in [5.74, 6) is -0.645. The molecule has 0 spiro atoms. The van der Waals surface area contributed by atoms with E-state index in [-0.39, 0.29) is 10.9 Å². The first kappa shape index (κ1) is 12.8. The van der Waals surface area contributed by atoms with E-state index in [1.165, 1.54) is 12.1 Å². The van der Waals surface area contributed by atoms with Crippen LogP contribution in [0.1, 0.15) is 12.5 Å². The van der Waals surface area contributed by atoms with Crippen molar-refractivity contribution < 1.29 is 22.7 Å². The summed E-state index contributed by atoms with van der Waals surface area (Å²) in [5, 5.41) is 10.2. The monoisotopic (exact) mass is 258 g/mol. The molecule has 18 heavy (non-hydrogen) atoms. The van der Waals surface area contributed by atoms with Gasteiger partial charge in [0.1, 0.15) is 5.82 Å². The van der Waals surface area contributed by atoms with Gasteiger partial charge in [0, 0.05) is 5.56 Å². The van der Waals surface area contributed by atoms with Crippen LogP contribution in [0.25, 0.3) is 10.8 Å². The van der Waals surface area contributed by atoms with Gasteiger partial charge in [-0.25, -0.2) is 4.39 Å². The van der Waals surface area contributed by atoms with Crippen molar-refractivity contribution in [1.29, 1.82) is 0 Å². The van der Waals surface area contributed by atoms with E-state index in [9.17, 15) is 22.7 Å². The first-order valence-corrected chi connectivity index (χ1v) is 5.21. The molecule has 2 aromatic carbocycles. The molecule has 0 aliphatic rings. The van der Waals surface area contributed by atoms with Gasteiger partial charge in [-0.1, -0.05) is 24.3 Å². The third-order valence-corrected chi connectivity index (χ3v) is 2.92. The molecule has 5 heteroatoms. The number of halogens is 4. The second-order valence-electron chi connectivity index (χ2n) is 4.24. The Morgan fingerprint density at radius 1 is 1.06 bits per heavy atom. The summed E-state index contributed by atoms with van der Waals surface area (Å²) in [7, 11) is 0. The minimum absolute atomic E-state index is 0.0554. The molecular formula is C13H10F4O. The lowest BCUT2D eigenvalue weighted by atomic mass is 9.90. The zero-order valence-corrected chi connectivity index (χ0v) is 9.42. The lowest BCUT2D eigenvalue weighted by Gasteiger charge is -2.27. The maximum atomic E-state index is 13.1. The largest absolute Gasteiger partial charge is 0.421 e. The fourth-order valence-corrected chi connectivity index (χ4v) is 1.82. The molecule has 0 aromatic heterocycles. The third-order valence-electron chi connectivity index (χ3n) is 2.92. The Hall–Kier alpha value is -1.62. The number of benzene rings is 2. The van der Waals surface area contributed by atoms with Crippen LogP contribution in [0.15, 0.2) is 36.4 Å². The fraction of sp³-hybridized carbons (Fsp3) is 0.231. The average molecular weight is 258 g/mol. The SMILES string of the molecule is CC(O)(c1cccc2ccc(F)cc12)C(F)(F)F. The van der Waals surface area contributed by atoms with E-state index in [1.54, 1.807) is 6.07 Å². The van der Waals surface area contributed by atoms with Crippen molar-refractivity contribution >= 4 is 10.8 Å². The van der Waals surface area contributed by atoms with Gasteiger partial charge in [-0.15, -0.1) is 0 Å². The summed E-state index contributed by atoms with van der Waals surface area (Å²) in [5.41, 5.74) is -3.37. The van der Waals surface area contributed by atoms with Crippen LogP contribution in [0.4, 0.5) is 17.6 Å². The second-order valence-corrected chi connectivity index (χ2v) is 4.24. The van der Waals surface area contributed by atoms with Gasteiger partial charge in [-0.05, 0) is 29.8 Å². The highest BCUT2D eigenvalue weighted by Crippen LogP contribution is 2.41. The van der Waals surface area contributed by atoms with Gasteiger partial charge in [0.05, 0.1) is 0 Å². The van der Waals surface area contributed by atoms with Crippen molar-refractivity contribution in [2.75, 3.05) is 0 Å². The quantitative estimate of drug-likeness (QED) is 0.772. The van der Waals surface area contributed by atoms with E-state index in [0.29, 0.717) is 12.3 Å². The van der Waals surface area contributed by atoms with E-state index in [1.807, 2.05) is 0 Å². The minimum Gasteiger partial charge on any atom is -0.376 e. The molecule has 0 aliphatic heterocycles. The van der Waals surface area contributed by atoms with E-state index in [0.717, 1.165) is 18.2 Å². The summed E-state index contributed by atoms with van der Waals surface area (Å²) in [6.07, 6.45) is -4.83. The smallest absolute Gasteiger partial charge is 0.376 e. The number of hydrogen-bond donors (Lipinski definition) is 1. The van der Waals surface area contributed by atoms with Crippen LogP contribution in [0.2, 0.25) is 0 Å². The van der Waals surface area contributed by atoms with Gasteiger partial charge in [-0.3, -0.25) is 0 Å². The summed E-state index contributed by atoms with van der Waals surface area (Å²) >= 11 is 0. The summed E-state index contributed by atoms with van der Waals surface area (Å²) < 4.78 is 51.5. The molecule has 0 bridgehead atoms. The molecular weight excluding hydrogens is 248 g/mol. The van der Waals surface area contributed by atoms with Crippen LogP contribution < -0.4 is 0 Å². The predicted molar refractivity (Wildman–Crippen MR) is 59.5 cm³/mol. The van der Waals surface area contributed by atoms with Gasteiger partial charge in [-0.2, -0.15) is 13.2 Å². The first-order chi connectivity index (χ1) is 8.23. The summed E-state index contributed by atoms with van der Waals surface area (Å²) in [6, 6.07) is 7.63. The zero-order valence-electron chi connectivity index (χ0n) is 9.42. The Kier molecular flexibility index (Phi) is 2.81. The Morgan fingerprint density at radius 2 is 1.72 bits per heavy atom. The average Bonchev–Trinajstić information content (AvgIpc) is 2.26. The van der Waals surface area contributed by atoms with Crippen molar-refractivity contribution in [1.82, 2.24) is 0 Å². The maximum Gasteiger partial charge on any atom is 0.421 e. The molecule has 1 atom stereocenters. The lowest BCUT2D eigenvalue weighted by Crippen LogP contribution is -2.39. The Labute approximate surface area is 101 Å². The number of hydrogen-bond acceptors (Lipinski definition) is 1. The number of alkyl halides is 3. The van der Waals surface area contributed by atoms with E-state index < -0.39 is 17.6 Å². The van der Waals surface area contributed by atoms with E-state index in [4.69, 9.17) is 0 Å². The highest BCUT2D eigenvalue weighted by Gasteiger charge is 2.51. The molecule has 0 heterocycles. The van der Waals surface area contributed by atoms with Crippen molar-refractivity contribution in [2.24, 2.45) is 0 Å². The Bertz CT molecular complexity index is 587. The molecule has 0 radical (unpaired) electrons. The minimum atomic E-state index is -4.83. The predicted octanol–water partition coefficient (Wildman–Crippen LogP) is 3.75. The van der Waals surface area contributed by atoms with Crippen LogP contribution in [-0.2, 0) is 5.60 Å². The number of fused-ring (bicyclic) bond motifs is 1. The molecule has 1 N–H and O–H groups in total. The second kappa shape index (κ2) is 3.95. The van der Waals surface area contributed by atoms with Crippen molar-refractivity contribution in [3.8, 4) is 0 Å². The molecule has 2 aromatic rings. The normalized spacial score (nSPS) is 15.7. The van der Waals surface area contributed by atoms with Crippen LogP contribution in [-0.4, -0.2) is 11.3 Å². The standard InChI is InChI=1S/C13H10F4O/c1-12(18,13(15,16)17)11-4-2-3-8-5-6-9(14)7-10(8)11/h2-7,18H,1H3. The molecule has 1 nitrogen and oxygen atoms in total. The maximum absolute atomic E-state index is 13.1. The first-order valence-electron chi connectivity index (χ1n) is 5.21.